The molecule has 25 heavy (non-hydrogen) atoms. The molecule has 0 aliphatic heterocycles. The van der Waals surface area contributed by atoms with E-state index in [4.69, 9.17) is 11.6 Å². The van der Waals surface area contributed by atoms with Gasteiger partial charge in [-0.05, 0) is 65.7 Å². The molecule has 2 atom stereocenters. The first kappa shape index (κ1) is 15.8. The normalized spacial score (nSPS) is 28.1. The highest BCUT2D eigenvalue weighted by Gasteiger charge is 2.50. The Morgan fingerprint density at radius 3 is 2.72 bits per heavy atom. The predicted octanol–water partition coefficient (Wildman–Crippen LogP) is 7.00. The fraction of sp³-hybridized carbons (Fsp3) is 0.478. The molecule has 1 saturated carbocycles. The molecule has 1 aromatic heterocycles. The summed E-state index contributed by atoms with van der Waals surface area (Å²) in [6.07, 6.45) is 6.35. The monoisotopic (exact) mass is 351 g/mol. The first-order valence-electron chi connectivity index (χ1n) is 9.64. The zero-order valence-electron chi connectivity index (χ0n) is 15.4. The number of aromatic amines is 1. The van der Waals surface area contributed by atoms with Gasteiger partial charge in [-0.1, -0.05) is 57.0 Å². The molecule has 1 fully saturated rings. The third kappa shape index (κ3) is 2.02. The maximum absolute atomic E-state index is 6.96. The summed E-state index contributed by atoms with van der Waals surface area (Å²) >= 11 is 6.96. The van der Waals surface area contributed by atoms with E-state index in [9.17, 15) is 0 Å². The van der Waals surface area contributed by atoms with Crippen LogP contribution in [-0.4, -0.2) is 4.98 Å². The van der Waals surface area contributed by atoms with Crippen LogP contribution in [-0.2, 0) is 11.8 Å². The number of halogens is 1. The van der Waals surface area contributed by atoms with Crippen molar-refractivity contribution in [2.75, 3.05) is 0 Å². The van der Waals surface area contributed by atoms with Crippen molar-refractivity contribution < 1.29 is 0 Å². The van der Waals surface area contributed by atoms with Crippen LogP contribution in [0.25, 0.3) is 21.8 Å². The predicted molar refractivity (Wildman–Crippen MR) is 108 cm³/mol. The second-order valence-electron chi connectivity index (χ2n) is 9.16. The number of hydrogen-bond donors (Lipinski definition) is 1. The Bertz CT molecular complexity index is 996. The summed E-state index contributed by atoms with van der Waals surface area (Å²) in [5, 5.41) is 3.55. The smallest absolute Gasteiger partial charge is 0.0682 e. The summed E-state index contributed by atoms with van der Waals surface area (Å²) in [6.45, 7) is 7.46. The SMILES string of the molecule is CC1(C)CCC[C@]2(C)c3cc4c([nH]c5ccccc54)c(Cl)c3CC[C@@H]12. The Morgan fingerprint density at radius 1 is 1.08 bits per heavy atom. The zero-order chi connectivity index (χ0) is 17.4. The Kier molecular flexibility index (Phi) is 3.18. The quantitative estimate of drug-likeness (QED) is 0.448. The molecule has 0 saturated heterocycles. The third-order valence-corrected chi connectivity index (χ3v) is 7.79. The molecular formula is C23H26ClN. The number of para-hydroxylation sites is 1. The first-order valence-corrected chi connectivity index (χ1v) is 10.0. The van der Waals surface area contributed by atoms with E-state index in [0.29, 0.717) is 5.41 Å². The number of benzene rings is 2. The third-order valence-electron chi connectivity index (χ3n) is 7.37. The van der Waals surface area contributed by atoms with Gasteiger partial charge in [0, 0.05) is 16.3 Å². The van der Waals surface area contributed by atoms with Crippen LogP contribution >= 0.6 is 11.6 Å². The molecule has 1 heterocycles. The molecule has 2 aliphatic carbocycles. The fourth-order valence-corrected chi connectivity index (χ4v) is 6.53. The van der Waals surface area contributed by atoms with Crippen LogP contribution < -0.4 is 0 Å². The first-order chi connectivity index (χ1) is 11.9. The molecule has 1 N–H and O–H groups in total. The number of H-pyrrole nitrogens is 1. The molecule has 0 bridgehead atoms. The van der Waals surface area contributed by atoms with Crippen LogP contribution in [0.5, 0.6) is 0 Å². The fourth-order valence-electron chi connectivity index (χ4n) is 6.18. The van der Waals surface area contributed by atoms with E-state index >= 15 is 0 Å². The van der Waals surface area contributed by atoms with Gasteiger partial charge in [0.25, 0.3) is 0 Å². The minimum absolute atomic E-state index is 0.255. The van der Waals surface area contributed by atoms with Gasteiger partial charge in [-0.3, -0.25) is 0 Å². The second-order valence-corrected chi connectivity index (χ2v) is 9.54. The number of rotatable bonds is 0. The van der Waals surface area contributed by atoms with Crippen LogP contribution in [0.2, 0.25) is 5.02 Å². The van der Waals surface area contributed by atoms with Crippen molar-refractivity contribution in [1.82, 2.24) is 4.98 Å². The largest absolute Gasteiger partial charge is 0.353 e. The molecule has 0 spiro atoms. The molecular weight excluding hydrogens is 326 g/mol. The molecule has 0 amide bonds. The molecule has 2 heteroatoms. The number of aromatic nitrogens is 1. The van der Waals surface area contributed by atoms with Crippen molar-refractivity contribution >= 4 is 33.4 Å². The zero-order valence-corrected chi connectivity index (χ0v) is 16.1. The molecule has 0 unspecified atom stereocenters. The van der Waals surface area contributed by atoms with Gasteiger partial charge in [0.05, 0.1) is 10.5 Å². The summed E-state index contributed by atoms with van der Waals surface area (Å²) in [6, 6.07) is 11.1. The van der Waals surface area contributed by atoms with Crippen molar-refractivity contribution in [3.8, 4) is 0 Å². The van der Waals surface area contributed by atoms with Gasteiger partial charge >= 0.3 is 0 Å². The lowest BCUT2D eigenvalue weighted by atomic mass is 9.50. The second kappa shape index (κ2) is 5.04. The van der Waals surface area contributed by atoms with Gasteiger partial charge in [0.2, 0.25) is 0 Å². The topological polar surface area (TPSA) is 15.8 Å². The Labute approximate surface area is 154 Å². The van der Waals surface area contributed by atoms with E-state index in [2.05, 4.69) is 56.1 Å². The van der Waals surface area contributed by atoms with Crippen molar-refractivity contribution in [2.45, 2.75) is 58.3 Å². The van der Waals surface area contributed by atoms with Gasteiger partial charge in [-0.25, -0.2) is 0 Å². The molecule has 0 radical (unpaired) electrons. The van der Waals surface area contributed by atoms with E-state index in [1.807, 2.05) is 0 Å². The molecule has 2 aromatic carbocycles. The molecule has 130 valence electrons. The van der Waals surface area contributed by atoms with Gasteiger partial charge in [-0.2, -0.15) is 0 Å². The van der Waals surface area contributed by atoms with E-state index < -0.39 is 0 Å². The summed E-state index contributed by atoms with van der Waals surface area (Å²) in [5.74, 6) is 0.750. The average molecular weight is 352 g/mol. The summed E-state index contributed by atoms with van der Waals surface area (Å²) in [5.41, 5.74) is 5.92. The van der Waals surface area contributed by atoms with Gasteiger partial charge in [0.1, 0.15) is 0 Å². The number of nitrogens with one attached hydrogen (secondary N) is 1. The lowest BCUT2D eigenvalue weighted by molar-refractivity contribution is 0.0408. The van der Waals surface area contributed by atoms with Crippen LogP contribution in [0.1, 0.15) is 57.6 Å². The summed E-state index contributed by atoms with van der Waals surface area (Å²) in [7, 11) is 0. The highest BCUT2D eigenvalue weighted by Crippen LogP contribution is 2.58. The van der Waals surface area contributed by atoms with Crippen LogP contribution in [0.15, 0.2) is 30.3 Å². The standard InChI is InChI=1S/C23H26ClN/c1-22(2)11-6-12-23(3)17-13-16-14-7-4-5-8-18(14)25-21(16)20(24)15(17)9-10-19(22)23/h4-5,7-8,13,19,25H,6,9-12H2,1-3H3/t19-,23+/m0/s1. The van der Waals surface area contributed by atoms with Crippen molar-refractivity contribution in [1.29, 1.82) is 0 Å². The minimum atomic E-state index is 0.255. The molecule has 5 rings (SSSR count). The van der Waals surface area contributed by atoms with Crippen molar-refractivity contribution in [2.24, 2.45) is 11.3 Å². The van der Waals surface area contributed by atoms with Crippen LogP contribution in [0.4, 0.5) is 0 Å². The Balaban J connectivity index is 1.83. The van der Waals surface area contributed by atoms with E-state index in [0.717, 1.165) is 22.9 Å². The van der Waals surface area contributed by atoms with E-state index in [1.165, 1.54) is 53.1 Å². The van der Waals surface area contributed by atoms with E-state index in [-0.39, 0.29) is 5.41 Å². The van der Waals surface area contributed by atoms with E-state index in [1.54, 1.807) is 0 Å². The number of fused-ring (bicyclic) bond motifs is 6. The molecule has 2 aliphatic rings. The van der Waals surface area contributed by atoms with Crippen LogP contribution in [0, 0.1) is 11.3 Å². The minimum Gasteiger partial charge on any atom is -0.353 e. The molecule has 1 nitrogen and oxygen atoms in total. The van der Waals surface area contributed by atoms with Crippen molar-refractivity contribution in [3.63, 3.8) is 0 Å². The van der Waals surface area contributed by atoms with Gasteiger partial charge in [-0.15, -0.1) is 0 Å². The van der Waals surface area contributed by atoms with Gasteiger partial charge < -0.3 is 4.98 Å². The average Bonchev–Trinajstić information content (AvgIpc) is 2.94. The summed E-state index contributed by atoms with van der Waals surface area (Å²) in [4.78, 5) is 3.57. The maximum Gasteiger partial charge on any atom is 0.0682 e. The van der Waals surface area contributed by atoms with Crippen molar-refractivity contribution in [3.05, 3.63) is 46.5 Å². The molecule has 3 aromatic rings. The summed E-state index contributed by atoms with van der Waals surface area (Å²) < 4.78 is 0. The Hall–Kier alpha value is -1.47. The van der Waals surface area contributed by atoms with Crippen LogP contribution in [0.3, 0.4) is 0 Å². The lowest BCUT2D eigenvalue weighted by Gasteiger charge is -2.54. The lowest BCUT2D eigenvalue weighted by Crippen LogP contribution is -2.47. The highest BCUT2D eigenvalue weighted by atomic mass is 35.5. The highest BCUT2D eigenvalue weighted by molar-refractivity contribution is 6.37. The number of hydrogen-bond acceptors (Lipinski definition) is 0. The maximum atomic E-state index is 6.96. The Morgan fingerprint density at radius 2 is 1.88 bits per heavy atom. The van der Waals surface area contributed by atoms with Gasteiger partial charge in [0.15, 0.2) is 0 Å².